The monoisotopic (exact) mass is 424 g/mol. The number of β-amino-alcohol motifs (C(OH)–C–C–N with tert-alkyl or cyclic N) is 1. The first-order valence-corrected chi connectivity index (χ1v) is 9.63. The van der Waals surface area contributed by atoms with Gasteiger partial charge in [-0.15, -0.1) is 0 Å². The Morgan fingerprint density at radius 2 is 2.10 bits per heavy atom. The van der Waals surface area contributed by atoms with Crippen molar-refractivity contribution in [2.75, 3.05) is 26.0 Å². The van der Waals surface area contributed by atoms with E-state index < -0.39 is 11.9 Å². The molecule has 10 heteroatoms. The highest BCUT2D eigenvalue weighted by Gasteiger charge is 2.37. The molecule has 0 fully saturated rings. The number of aliphatic hydroxyl groups excluding tert-OH is 1. The lowest BCUT2D eigenvalue weighted by atomic mass is 9.88. The number of nitrogen functional groups attached to an aromatic ring is 1. The van der Waals surface area contributed by atoms with Crippen LogP contribution in [0, 0.1) is 12.7 Å². The molecule has 1 aliphatic heterocycles. The number of methoxy groups -OCH3 is 1. The Morgan fingerprint density at radius 1 is 1.29 bits per heavy atom. The molecule has 1 aliphatic rings. The number of benzene rings is 1. The molecule has 31 heavy (non-hydrogen) atoms. The molecule has 4 rings (SSSR count). The van der Waals surface area contributed by atoms with E-state index in [1.54, 1.807) is 17.9 Å². The Labute approximate surface area is 177 Å². The number of ether oxygens (including phenoxy) is 1. The second-order valence-electron chi connectivity index (χ2n) is 7.11. The summed E-state index contributed by atoms with van der Waals surface area (Å²) in [6, 6.07) is 3.75. The van der Waals surface area contributed by atoms with Gasteiger partial charge in [0.1, 0.15) is 5.82 Å². The van der Waals surface area contributed by atoms with E-state index in [0.717, 1.165) is 0 Å². The van der Waals surface area contributed by atoms with Gasteiger partial charge in [0, 0.05) is 18.5 Å². The van der Waals surface area contributed by atoms with Gasteiger partial charge in [-0.2, -0.15) is 0 Å². The van der Waals surface area contributed by atoms with Crippen molar-refractivity contribution < 1.29 is 19.0 Å². The minimum atomic E-state index is -0.524. The zero-order chi connectivity index (χ0) is 22.1. The average molecular weight is 424 g/mol. The molecule has 0 spiro atoms. The normalized spacial score (nSPS) is 15.7. The minimum Gasteiger partial charge on any atom is -0.480 e. The van der Waals surface area contributed by atoms with Crippen molar-refractivity contribution >= 4 is 11.9 Å². The van der Waals surface area contributed by atoms with Gasteiger partial charge in [-0.25, -0.2) is 19.3 Å². The van der Waals surface area contributed by atoms with Gasteiger partial charge in [-0.3, -0.25) is 9.78 Å². The Bertz CT molecular complexity index is 1160. The zero-order valence-electron chi connectivity index (χ0n) is 17.0. The number of halogens is 1. The Kier molecular flexibility index (Phi) is 5.47. The third-order valence-electron chi connectivity index (χ3n) is 5.23. The van der Waals surface area contributed by atoms with Crippen LogP contribution in [0.4, 0.5) is 10.3 Å². The van der Waals surface area contributed by atoms with Crippen LogP contribution in [0.2, 0.25) is 0 Å². The van der Waals surface area contributed by atoms with E-state index in [2.05, 4.69) is 19.9 Å². The van der Waals surface area contributed by atoms with Crippen LogP contribution >= 0.6 is 0 Å². The number of nitrogens with zero attached hydrogens (tertiary/aromatic N) is 5. The van der Waals surface area contributed by atoms with Crippen molar-refractivity contribution in [3.8, 4) is 17.1 Å². The lowest BCUT2D eigenvalue weighted by Crippen LogP contribution is -2.43. The molecule has 0 saturated heterocycles. The van der Waals surface area contributed by atoms with Crippen molar-refractivity contribution in [1.82, 2.24) is 24.8 Å². The Balaban J connectivity index is 1.89. The summed E-state index contributed by atoms with van der Waals surface area (Å²) in [5.41, 5.74) is 8.69. The molecule has 1 amide bonds. The van der Waals surface area contributed by atoms with Crippen LogP contribution in [0.15, 0.2) is 30.6 Å². The largest absolute Gasteiger partial charge is 0.480 e. The zero-order valence-corrected chi connectivity index (χ0v) is 17.0. The third kappa shape index (κ3) is 3.77. The smallest absolute Gasteiger partial charge is 0.258 e. The molecule has 9 nitrogen and oxygen atoms in total. The SMILES string of the molecule is COc1cncc(-c2cc(F)ccc2C2Cc3nc(N)nc(C)c3C(=O)N2CCO)n1. The quantitative estimate of drug-likeness (QED) is 0.634. The summed E-state index contributed by atoms with van der Waals surface area (Å²) in [4.78, 5) is 31.7. The van der Waals surface area contributed by atoms with E-state index in [1.807, 2.05) is 0 Å². The number of aryl methyl sites for hydroxylation is 1. The topological polar surface area (TPSA) is 127 Å². The predicted octanol–water partition coefficient (Wildman–Crippen LogP) is 1.70. The Morgan fingerprint density at radius 3 is 2.84 bits per heavy atom. The van der Waals surface area contributed by atoms with Crippen LogP contribution in [-0.4, -0.2) is 56.1 Å². The van der Waals surface area contributed by atoms with Gasteiger partial charge >= 0.3 is 0 Å². The summed E-state index contributed by atoms with van der Waals surface area (Å²) in [5, 5.41) is 9.62. The summed E-state index contributed by atoms with van der Waals surface area (Å²) >= 11 is 0. The van der Waals surface area contributed by atoms with Crippen LogP contribution in [0.5, 0.6) is 5.88 Å². The lowest BCUT2D eigenvalue weighted by molar-refractivity contribution is 0.0597. The number of anilines is 1. The third-order valence-corrected chi connectivity index (χ3v) is 5.23. The van der Waals surface area contributed by atoms with Crippen LogP contribution < -0.4 is 10.5 Å². The summed E-state index contributed by atoms with van der Waals surface area (Å²) in [7, 11) is 1.46. The van der Waals surface area contributed by atoms with Crippen molar-refractivity contribution in [3.63, 3.8) is 0 Å². The molecular formula is C21H21FN6O3. The maximum absolute atomic E-state index is 14.2. The first-order chi connectivity index (χ1) is 14.9. The van der Waals surface area contributed by atoms with Crippen LogP contribution in [0.25, 0.3) is 11.3 Å². The molecule has 1 atom stereocenters. The molecule has 3 N–H and O–H groups in total. The van der Waals surface area contributed by atoms with Gasteiger partial charge in [0.25, 0.3) is 5.91 Å². The number of hydrogen-bond acceptors (Lipinski definition) is 8. The highest BCUT2D eigenvalue weighted by Crippen LogP contribution is 2.38. The number of fused-ring (bicyclic) bond motifs is 1. The molecule has 1 unspecified atom stereocenters. The first kappa shape index (κ1) is 20.6. The van der Waals surface area contributed by atoms with Crippen molar-refractivity contribution in [3.05, 3.63) is 58.9 Å². The number of hydrogen-bond donors (Lipinski definition) is 2. The summed E-state index contributed by atoms with van der Waals surface area (Å²) < 4.78 is 19.4. The van der Waals surface area contributed by atoms with E-state index in [0.29, 0.717) is 40.2 Å². The van der Waals surface area contributed by atoms with Gasteiger partial charge in [-0.05, 0) is 24.6 Å². The van der Waals surface area contributed by atoms with E-state index in [9.17, 15) is 14.3 Å². The lowest BCUT2D eigenvalue weighted by Gasteiger charge is -2.37. The molecule has 1 aromatic carbocycles. The van der Waals surface area contributed by atoms with E-state index >= 15 is 0 Å². The predicted molar refractivity (Wildman–Crippen MR) is 110 cm³/mol. The fraction of sp³-hybridized carbons (Fsp3) is 0.286. The molecule has 3 heterocycles. The van der Waals surface area contributed by atoms with Gasteiger partial charge in [0.15, 0.2) is 0 Å². The molecule has 160 valence electrons. The highest BCUT2D eigenvalue weighted by molar-refractivity contribution is 5.98. The number of amides is 1. The molecule has 2 aromatic heterocycles. The number of carbonyl (C=O) groups is 1. The van der Waals surface area contributed by atoms with Crippen LogP contribution in [0.3, 0.4) is 0 Å². The van der Waals surface area contributed by atoms with Gasteiger partial charge in [0.05, 0.1) is 54.8 Å². The summed E-state index contributed by atoms with van der Waals surface area (Å²) in [5.74, 6) is -0.413. The number of rotatable bonds is 5. The minimum absolute atomic E-state index is 0.0800. The van der Waals surface area contributed by atoms with E-state index in [1.165, 1.54) is 31.6 Å². The van der Waals surface area contributed by atoms with E-state index in [4.69, 9.17) is 10.5 Å². The van der Waals surface area contributed by atoms with Crippen molar-refractivity contribution in [2.24, 2.45) is 0 Å². The van der Waals surface area contributed by atoms with Gasteiger partial charge in [0.2, 0.25) is 11.8 Å². The Hall–Kier alpha value is -3.66. The number of aromatic nitrogens is 4. The van der Waals surface area contributed by atoms with Crippen LogP contribution in [-0.2, 0) is 6.42 Å². The van der Waals surface area contributed by atoms with E-state index in [-0.39, 0.29) is 30.9 Å². The second kappa shape index (κ2) is 8.23. The number of aliphatic hydroxyl groups is 1. The number of nitrogens with two attached hydrogens (primary N) is 1. The first-order valence-electron chi connectivity index (χ1n) is 9.63. The summed E-state index contributed by atoms with van der Waals surface area (Å²) in [6.07, 6.45) is 3.27. The summed E-state index contributed by atoms with van der Waals surface area (Å²) in [6.45, 7) is 1.55. The van der Waals surface area contributed by atoms with Crippen LogP contribution in [0.1, 0.15) is 33.4 Å². The van der Waals surface area contributed by atoms with Crippen molar-refractivity contribution in [2.45, 2.75) is 19.4 Å². The second-order valence-corrected chi connectivity index (χ2v) is 7.11. The van der Waals surface area contributed by atoms with Gasteiger partial charge in [-0.1, -0.05) is 6.07 Å². The molecular weight excluding hydrogens is 403 g/mol. The maximum atomic E-state index is 14.2. The fourth-order valence-corrected chi connectivity index (χ4v) is 3.92. The molecule has 0 bridgehead atoms. The molecule has 0 radical (unpaired) electrons. The van der Waals surface area contributed by atoms with Gasteiger partial charge < -0.3 is 20.5 Å². The molecule has 0 aliphatic carbocycles. The molecule has 0 saturated carbocycles. The standard InChI is InChI=1S/C21H21FN6O3/c1-11-19-15(27-21(23)25-11)8-17(28(5-6-29)20(19)30)13-4-3-12(22)7-14(13)16-9-24-10-18(26-16)31-2/h3-4,7,9-10,17,29H,5-6,8H2,1-2H3,(H2,23,25,27). The number of carbonyl (C=O) groups excluding carboxylic acids is 1. The highest BCUT2D eigenvalue weighted by atomic mass is 19.1. The fourth-order valence-electron chi connectivity index (χ4n) is 3.92. The molecule has 3 aromatic rings. The maximum Gasteiger partial charge on any atom is 0.258 e. The average Bonchev–Trinajstić information content (AvgIpc) is 2.75. The van der Waals surface area contributed by atoms with Crippen molar-refractivity contribution in [1.29, 1.82) is 0 Å².